The zero-order valence-corrected chi connectivity index (χ0v) is 9.72. The van der Waals surface area contributed by atoms with Gasteiger partial charge < -0.3 is 10.6 Å². The molecule has 84 valence electrons. The standard InChI is InChI=1S/C12H14ClN3/c13-10-1-3-11(4-2-10)16-12(9-14)5-7-15-8-6-12/h1-4,15-16H,5-8H2. The van der Waals surface area contributed by atoms with E-state index in [4.69, 9.17) is 11.6 Å². The predicted molar refractivity (Wildman–Crippen MR) is 65.5 cm³/mol. The van der Waals surface area contributed by atoms with E-state index in [1.165, 1.54) is 0 Å². The second kappa shape index (κ2) is 4.73. The van der Waals surface area contributed by atoms with Crippen molar-refractivity contribution in [2.45, 2.75) is 18.4 Å². The SMILES string of the molecule is N#CC1(Nc2ccc(Cl)cc2)CCNCC1. The summed E-state index contributed by atoms with van der Waals surface area (Å²) in [6.07, 6.45) is 1.65. The lowest BCUT2D eigenvalue weighted by Crippen LogP contribution is -2.46. The number of nitrogens with zero attached hydrogens (tertiary/aromatic N) is 1. The maximum absolute atomic E-state index is 9.29. The second-order valence-corrected chi connectivity index (χ2v) is 4.51. The average molecular weight is 236 g/mol. The zero-order chi connectivity index (χ0) is 11.4. The number of hydrogen-bond donors (Lipinski definition) is 2. The van der Waals surface area contributed by atoms with Crippen molar-refractivity contribution in [2.75, 3.05) is 18.4 Å². The summed E-state index contributed by atoms with van der Waals surface area (Å²) in [5, 5.41) is 16.6. The number of nitrogens with one attached hydrogen (secondary N) is 2. The van der Waals surface area contributed by atoms with Gasteiger partial charge in [0.1, 0.15) is 5.54 Å². The lowest BCUT2D eigenvalue weighted by atomic mass is 9.89. The Hall–Kier alpha value is -1.24. The highest BCUT2D eigenvalue weighted by Crippen LogP contribution is 2.24. The molecule has 0 atom stereocenters. The van der Waals surface area contributed by atoms with Crippen molar-refractivity contribution in [3.05, 3.63) is 29.3 Å². The number of hydrogen-bond acceptors (Lipinski definition) is 3. The van der Waals surface area contributed by atoms with Crippen LogP contribution in [0.1, 0.15) is 12.8 Å². The summed E-state index contributed by atoms with van der Waals surface area (Å²) in [6.45, 7) is 1.77. The van der Waals surface area contributed by atoms with E-state index in [1.54, 1.807) is 0 Å². The highest BCUT2D eigenvalue weighted by Gasteiger charge is 2.31. The predicted octanol–water partition coefficient (Wildman–Crippen LogP) is 2.40. The van der Waals surface area contributed by atoms with E-state index >= 15 is 0 Å². The first-order valence-corrected chi connectivity index (χ1v) is 5.78. The van der Waals surface area contributed by atoms with Crippen LogP contribution in [-0.4, -0.2) is 18.6 Å². The first-order valence-electron chi connectivity index (χ1n) is 5.40. The van der Waals surface area contributed by atoms with Crippen LogP contribution < -0.4 is 10.6 Å². The first-order chi connectivity index (χ1) is 7.74. The summed E-state index contributed by atoms with van der Waals surface area (Å²) in [5.74, 6) is 0. The fourth-order valence-electron chi connectivity index (χ4n) is 1.93. The van der Waals surface area contributed by atoms with E-state index in [2.05, 4.69) is 16.7 Å². The van der Waals surface area contributed by atoms with Gasteiger partial charge in [0.25, 0.3) is 0 Å². The van der Waals surface area contributed by atoms with Crippen LogP contribution >= 0.6 is 11.6 Å². The molecule has 0 unspecified atom stereocenters. The van der Waals surface area contributed by atoms with Crippen LogP contribution in [0.4, 0.5) is 5.69 Å². The van der Waals surface area contributed by atoms with Gasteiger partial charge in [0.2, 0.25) is 0 Å². The molecule has 0 aromatic heterocycles. The third-order valence-electron chi connectivity index (χ3n) is 2.90. The van der Waals surface area contributed by atoms with Gasteiger partial charge in [-0.2, -0.15) is 5.26 Å². The Morgan fingerprint density at radius 2 is 1.88 bits per heavy atom. The van der Waals surface area contributed by atoms with Crippen molar-refractivity contribution in [2.24, 2.45) is 0 Å². The molecule has 1 heterocycles. The first kappa shape index (κ1) is 11.3. The Bertz CT molecular complexity index is 388. The van der Waals surface area contributed by atoms with Crippen LogP contribution in [0.25, 0.3) is 0 Å². The molecule has 1 aromatic rings. The zero-order valence-electron chi connectivity index (χ0n) is 8.96. The van der Waals surface area contributed by atoms with Gasteiger partial charge in [0.05, 0.1) is 6.07 Å². The molecule has 1 aliphatic rings. The van der Waals surface area contributed by atoms with Crippen LogP contribution in [0.15, 0.2) is 24.3 Å². The number of nitriles is 1. The average Bonchev–Trinajstić information content (AvgIpc) is 2.33. The lowest BCUT2D eigenvalue weighted by Gasteiger charge is -2.33. The summed E-state index contributed by atoms with van der Waals surface area (Å²) in [7, 11) is 0. The minimum absolute atomic E-state index is 0.431. The van der Waals surface area contributed by atoms with Crippen molar-refractivity contribution in [3.8, 4) is 6.07 Å². The van der Waals surface area contributed by atoms with Gasteiger partial charge in [-0.3, -0.25) is 0 Å². The number of anilines is 1. The van der Waals surface area contributed by atoms with Crippen LogP contribution in [0.5, 0.6) is 0 Å². The van der Waals surface area contributed by atoms with Crippen LogP contribution in [0.3, 0.4) is 0 Å². The van der Waals surface area contributed by atoms with Crippen LogP contribution in [-0.2, 0) is 0 Å². The molecular weight excluding hydrogens is 222 g/mol. The summed E-state index contributed by atoms with van der Waals surface area (Å²) < 4.78 is 0. The molecule has 16 heavy (non-hydrogen) atoms. The molecule has 1 aromatic carbocycles. The van der Waals surface area contributed by atoms with Crippen LogP contribution in [0.2, 0.25) is 5.02 Å². The maximum atomic E-state index is 9.29. The van der Waals surface area contributed by atoms with Crippen molar-refractivity contribution in [1.29, 1.82) is 5.26 Å². The second-order valence-electron chi connectivity index (χ2n) is 4.08. The normalized spacial score (nSPS) is 18.8. The Kier molecular flexibility index (Phi) is 3.33. The minimum atomic E-state index is -0.431. The number of rotatable bonds is 2. The molecule has 0 aliphatic carbocycles. The third-order valence-corrected chi connectivity index (χ3v) is 3.15. The Morgan fingerprint density at radius 1 is 1.25 bits per heavy atom. The van der Waals surface area contributed by atoms with Crippen molar-refractivity contribution >= 4 is 17.3 Å². The van der Waals surface area contributed by atoms with E-state index in [1.807, 2.05) is 24.3 Å². The molecule has 0 saturated carbocycles. The highest BCUT2D eigenvalue weighted by molar-refractivity contribution is 6.30. The van der Waals surface area contributed by atoms with E-state index in [0.29, 0.717) is 5.02 Å². The molecule has 2 N–H and O–H groups in total. The van der Waals surface area contributed by atoms with Gasteiger partial charge >= 0.3 is 0 Å². The van der Waals surface area contributed by atoms with Gasteiger partial charge in [0.15, 0.2) is 0 Å². The molecule has 2 rings (SSSR count). The van der Waals surface area contributed by atoms with E-state index in [9.17, 15) is 5.26 Å². The Morgan fingerprint density at radius 3 is 2.44 bits per heavy atom. The van der Waals surface area contributed by atoms with Gasteiger partial charge in [-0.25, -0.2) is 0 Å². The third kappa shape index (κ3) is 2.46. The summed E-state index contributed by atoms with van der Waals surface area (Å²) in [4.78, 5) is 0. The molecule has 0 bridgehead atoms. The largest absolute Gasteiger partial charge is 0.367 e. The molecule has 0 radical (unpaired) electrons. The molecule has 0 spiro atoms. The van der Waals surface area contributed by atoms with Gasteiger partial charge in [-0.15, -0.1) is 0 Å². The summed E-state index contributed by atoms with van der Waals surface area (Å²) in [6, 6.07) is 9.87. The Labute approximate surface area is 100 Å². The quantitative estimate of drug-likeness (QED) is 0.828. The van der Waals surface area contributed by atoms with Crippen molar-refractivity contribution in [3.63, 3.8) is 0 Å². The molecule has 1 saturated heterocycles. The minimum Gasteiger partial charge on any atom is -0.367 e. The van der Waals surface area contributed by atoms with E-state index in [-0.39, 0.29) is 0 Å². The highest BCUT2D eigenvalue weighted by atomic mass is 35.5. The molecule has 1 fully saturated rings. The smallest absolute Gasteiger partial charge is 0.127 e. The van der Waals surface area contributed by atoms with E-state index in [0.717, 1.165) is 31.6 Å². The number of piperidine rings is 1. The lowest BCUT2D eigenvalue weighted by molar-refractivity contribution is 0.409. The van der Waals surface area contributed by atoms with Crippen LogP contribution in [0, 0.1) is 11.3 Å². The van der Waals surface area contributed by atoms with E-state index < -0.39 is 5.54 Å². The molecule has 3 nitrogen and oxygen atoms in total. The van der Waals surface area contributed by atoms with Gasteiger partial charge in [-0.05, 0) is 50.2 Å². The van der Waals surface area contributed by atoms with Gasteiger partial charge in [0, 0.05) is 10.7 Å². The van der Waals surface area contributed by atoms with Gasteiger partial charge in [-0.1, -0.05) is 11.6 Å². The molecular formula is C12H14ClN3. The molecule has 0 amide bonds. The molecule has 1 aliphatic heterocycles. The number of benzene rings is 1. The Balaban J connectivity index is 2.12. The fourth-order valence-corrected chi connectivity index (χ4v) is 2.05. The monoisotopic (exact) mass is 235 g/mol. The van der Waals surface area contributed by atoms with Crippen molar-refractivity contribution < 1.29 is 0 Å². The maximum Gasteiger partial charge on any atom is 0.127 e. The van der Waals surface area contributed by atoms with Crippen molar-refractivity contribution in [1.82, 2.24) is 5.32 Å². The number of halogens is 1. The summed E-state index contributed by atoms with van der Waals surface area (Å²) in [5.41, 5.74) is 0.520. The fraction of sp³-hybridized carbons (Fsp3) is 0.417. The topological polar surface area (TPSA) is 47.9 Å². The summed E-state index contributed by atoms with van der Waals surface area (Å²) >= 11 is 5.82. The molecule has 4 heteroatoms.